The van der Waals surface area contributed by atoms with E-state index in [1.54, 1.807) is 0 Å². The van der Waals surface area contributed by atoms with Crippen LogP contribution in [0.25, 0.3) is 0 Å². The van der Waals surface area contributed by atoms with Crippen molar-refractivity contribution in [3.8, 4) is 0 Å². The number of carbonyl (C=O) groups excluding carboxylic acids is 1. The summed E-state index contributed by atoms with van der Waals surface area (Å²) in [6.45, 7) is 13.0. The first-order valence-electron chi connectivity index (χ1n) is 7.41. The molecule has 0 aliphatic heterocycles. The van der Waals surface area contributed by atoms with Gasteiger partial charge in [-0.1, -0.05) is 27.7 Å². The summed E-state index contributed by atoms with van der Waals surface area (Å²) in [6.07, 6.45) is 3.39. The summed E-state index contributed by atoms with van der Waals surface area (Å²) in [5.41, 5.74) is 0.124. The lowest BCUT2D eigenvalue weighted by molar-refractivity contribution is -0.193. The van der Waals surface area contributed by atoms with Gasteiger partial charge in [-0.2, -0.15) is 0 Å². The molecule has 4 atom stereocenters. The normalized spacial score (nSPS) is 37.9. The molecular weight excluding hydrogens is 224 g/mol. The van der Waals surface area contributed by atoms with Crippen molar-refractivity contribution in [2.24, 2.45) is 28.6 Å². The summed E-state index contributed by atoms with van der Waals surface area (Å²) in [6, 6.07) is 0. The molecular formula is C16H28O2. The van der Waals surface area contributed by atoms with Gasteiger partial charge < -0.3 is 4.74 Å². The third-order valence-electron chi connectivity index (χ3n) is 5.98. The fourth-order valence-corrected chi connectivity index (χ4v) is 3.70. The summed E-state index contributed by atoms with van der Waals surface area (Å²) < 4.78 is 5.81. The van der Waals surface area contributed by atoms with Crippen LogP contribution in [0.3, 0.4) is 0 Å². The monoisotopic (exact) mass is 252 g/mol. The van der Waals surface area contributed by atoms with Crippen molar-refractivity contribution in [3.63, 3.8) is 0 Å². The van der Waals surface area contributed by atoms with Crippen LogP contribution >= 0.6 is 0 Å². The minimum absolute atomic E-state index is 0.0130. The van der Waals surface area contributed by atoms with E-state index in [4.69, 9.17) is 4.74 Å². The average Bonchev–Trinajstić information content (AvgIpc) is 2.30. The molecule has 0 saturated heterocycles. The van der Waals surface area contributed by atoms with Crippen LogP contribution < -0.4 is 0 Å². The fourth-order valence-electron chi connectivity index (χ4n) is 3.70. The molecule has 0 spiro atoms. The number of rotatable bonds is 3. The molecule has 0 N–H and O–H groups in total. The van der Waals surface area contributed by atoms with Crippen LogP contribution in [0.15, 0.2) is 0 Å². The predicted octanol–water partition coefficient (Wildman–Crippen LogP) is 4.04. The largest absolute Gasteiger partial charge is 0.462 e. The second-order valence-electron chi connectivity index (χ2n) is 7.64. The van der Waals surface area contributed by atoms with Gasteiger partial charge in [0.15, 0.2) is 0 Å². The van der Waals surface area contributed by atoms with Crippen LogP contribution in [-0.2, 0) is 9.53 Å². The van der Waals surface area contributed by atoms with Gasteiger partial charge in [-0.15, -0.1) is 0 Å². The Balaban J connectivity index is 1.99. The summed E-state index contributed by atoms with van der Waals surface area (Å²) in [5, 5.41) is 0. The van der Waals surface area contributed by atoms with Crippen molar-refractivity contribution in [2.75, 3.05) is 0 Å². The molecule has 0 aromatic rings. The van der Waals surface area contributed by atoms with Crippen LogP contribution in [0.1, 0.15) is 60.8 Å². The second-order valence-corrected chi connectivity index (χ2v) is 7.64. The molecule has 3 rings (SSSR count). The lowest BCUT2D eigenvalue weighted by Gasteiger charge is -2.61. The zero-order valence-electron chi connectivity index (χ0n) is 12.7. The van der Waals surface area contributed by atoms with Gasteiger partial charge in [0.05, 0.1) is 5.41 Å². The minimum Gasteiger partial charge on any atom is -0.462 e. The Morgan fingerprint density at radius 2 is 1.94 bits per heavy atom. The van der Waals surface area contributed by atoms with Crippen molar-refractivity contribution in [3.05, 3.63) is 0 Å². The van der Waals surface area contributed by atoms with Crippen molar-refractivity contribution < 1.29 is 9.53 Å². The summed E-state index contributed by atoms with van der Waals surface area (Å²) >= 11 is 0. The lowest BCUT2D eigenvalue weighted by Crippen LogP contribution is -2.57. The second kappa shape index (κ2) is 4.25. The smallest absolute Gasteiger partial charge is 0.311 e. The molecule has 2 heteroatoms. The molecule has 18 heavy (non-hydrogen) atoms. The molecule has 3 aliphatic rings. The maximum Gasteiger partial charge on any atom is 0.311 e. The SMILES string of the molecule is CCC(C)(C)C(=O)O[C@@H]1C[C@@H]2C[C@H]([C@H]1C)C2(C)C. The topological polar surface area (TPSA) is 26.3 Å². The zero-order chi connectivity index (χ0) is 13.7. The third kappa shape index (κ3) is 1.98. The summed E-state index contributed by atoms with van der Waals surface area (Å²) in [4.78, 5) is 12.2. The van der Waals surface area contributed by atoms with Gasteiger partial charge >= 0.3 is 5.97 Å². The number of ether oxygens (including phenoxy) is 1. The average molecular weight is 252 g/mol. The van der Waals surface area contributed by atoms with E-state index < -0.39 is 0 Å². The first kappa shape index (κ1) is 13.9. The van der Waals surface area contributed by atoms with E-state index >= 15 is 0 Å². The van der Waals surface area contributed by atoms with Crippen LogP contribution in [0.5, 0.6) is 0 Å². The van der Waals surface area contributed by atoms with E-state index in [9.17, 15) is 4.79 Å². The minimum atomic E-state index is -0.336. The molecule has 3 aliphatic carbocycles. The maximum atomic E-state index is 12.2. The van der Waals surface area contributed by atoms with E-state index in [2.05, 4.69) is 20.8 Å². The van der Waals surface area contributed by atoms with Gasteiger partial charge in [-0.3, -0.25) is 4.79 Å². The van der Waals surface area contributed by atoms with E-state index in [1.165, 1.54) is 6.42 Å². The molecule has 3 saturated carbocycles. The van der Waals surface area contributed by atoms with E-state index in [0.717, 1.165) is 24.7 Å². The van der Waals surface area contributed by atoms with Crippen molar-refractivity contribution >= 4 is 5.97 Å². The third-order valence-corrected chi connectivity index (χ3v) is 5.98. The van der Waals surface area contributed by atoms with Crippen molar-refractivity contribution in [1.82, 2.24) is 0 Å². The molecule has 0 radical (unpaired) electrons. The predicted molar refractivity (Wildman–Crippen MR) is 73.1 cm³/mol. The molecule has 0 aromatic carbocycles. The first-order chi connectivity index (χ1) is 8.20. The van der Waals surface area contributed by atoms with Gasteiger partial charge in [0, 0.05) is 0 Å². The Hall–Kier alpha value is -0.530. The molecule has 3 fully saturated rings. The highest BCUT2D eigenvalue weighted by Crippen LogP contribution is 2.61. The quantitative estimate of drug-likeness (QED) is 0.709. The molecule has 2 nitrogen and oxygen atoms in total. The highest BCUT2D eigenvalue weighted by Gasteiger charge is 2.57. The molecule has 104 valence electrons. The van der Waals surface area contributed by atoms with E-state index in [0.29, 0.717) is 11.3 Å². The lowest BCUT2D eigenvalue weighted by atomic mass is 9.45. The van der Waals surface area contributed by atoms with Crippen LogP contribution in [-0.4, -0.2) is 12.1 Å². The van der Waals surface area contributed by atoms with Crippen LogP contribution in [0.4, 0.5) is 0 Å². The van der Waals surface area contributed by atoms with Gasteiger partial charge in [0.2, 0.25) is 0 Å². The van der Waals surface area contributed by atoms with Crippen LogP contribution in [0, 0.1) is 28.6 Å². The number of carbonyl (C=O) groups is 1. The first-order valence-corrected chi connectivity index (χ1v) is 7.41. The van der Waals surface area contributed by atoms with Crippen molar-refractivity contribution in [1.29, 1.82) is 0 Å². The van der Waals surface area contributed by atoms with E-state index in [-0.39, 0.29) is 17.5 Å². The zero-order valence-corrected chi connectivity index (χ0v) is 12.7. The summed E-state index contributed by atoms with van der Waals surface area (Å²) in [5.74, 6) is 1.99. The summed E-state index contributed by atoms with van der Waals surface area (Å²) in [7, 11) is 0. The van der Waals surface area contributed by atoms with Gasteiger partial charge in [-0.25, -0.2) is 0 Å². The Kier molecular flexibility index (Phi) is 3.28. The number of esters is 1. The Morgan fingerprint density at radius 1 is 1.33 bits per heavy atom. The van der Waals surface area contributed by atoms with Crippen molar-refractivity contribution in [2.45, 2.75) is 66.9 Å². The fraction of sp³-hybridized carbons (Fsp3) is 0.938. The standard InChI is InChI=1S/C16H28O2/c1-7-15(3,4)14(17)18-13-9-11-8-12(10(13)2)16(11,5)6/h10-13H,7-9H2,1-6H3/t10-,11+,12-,13-/m1/s1. The number of hydrogen-bond acceptors (Lipinski definition) is 2. The Bertz CT molecular complexity index is 343. The Labute approximate surface area is 111 Å². The maximum absolute atomic E-state index is 12.2. The highest BCUT2D eigenvalue weighted by molar-refractivity contribution is 5.76. The van der Waals surface area contributed by atoms with Crippen LogP contribution in [0.2, 0.25) is 0 Å². The molecule has 2 bridgehead atoms. The Morgan fingerprint density at radius 3 is 2.39 bits per heavy atom. The molecule has 0 unspecified atom stereocenters. The molecule has 0 amide bonds. The highest BCUT2D eigenvalue weighted by atomic mass is 16.5. The van der Waals surface area contributed by atoms with Gasteiger partial charge in [-0.05, 0) is 56.3 Å². The molecule has 0 aromatic heterocycles. The number of fused-ring (bicyclic) bond motifs is 2. The number of hydrogen-bond donors (Lipinski definition) is 0. The van der Waals surface area contributed by atoms with Gasteiger partial charge in [0.25, 0.3) is 0 Å². The van der Waals surface area contributed by atoms with E-state index in [1.807, 2.05) is 20.8 Å². The molecule has 0 heterocycles. The van der Waals surface area contributed by atoms with Gasteiger partial charge in [0.1, 0.15) is 6.10 Å².